The molecule has 0 aliphatic rings. The van der Waals surface area contributed by atoms with Crippen LogP contribution >= 0.6 is 0 Å². The van der Waals surface area contributed by atoms with Gasteiger partial charge in [0.05, 0.1) is 23.8 Å². The molecule has 24 heavy (non-hydrogen) atoms. The third-order valence-corrected chi connectivity index (χ3v) is 3.94. The van der Waals surface area contributed by atoms with Gasteiger partial charge in [-0.15, -0.1) is 0 Å². The summed E-state index contributed by atoms with van der Waals surface area (Å²) in [5.74, 6) is 0.222. The van der Waals surface area contributed by atoms with Crippen LogP contribution in [-0.4, -0.2) is 24.0 Å². The molecule has 0 saturated carbocycles. The van der Waals surface area contributed by atoms with E-state index in [0.29, 0.717) is 0 Å². The van der Waals surface area contributed by atoms with Gasteiger partial charge in [0.25, 0.3) is 0 Å². The van der Waals surface area contributed by atoms with Gasteiger partial charge in [-0.3, -0.25) is 14.2 Å². The second-order valence-corrected chi connectivity index (χ2v) is 5.56. The molecular formula is C18H14N4O2. The second-order valence-electron chi connectivity index (χ2n) is 5.56. The van der Waals surface area contributed by atoms with Crippen molar-refractivity contribution < 1.29 is 5.11 Å². The number of imidazole rings is 1. The van der Waals surface area contributed by atoms with E-state index in [-0.39, 0.29) is 11.3 Å². The van der Waals surface area contributed by atoms with Gasteiger partial charge in [0.15, 0.2) is 5.65 Å². The third kappa shape index (κ3) is 2.34. The standard InChI is InChI=1S/C18H14N4O2/c1-21-10-13(4-7-18(21)24)15-11-22-16(8-20-17(22)9-19-15)12-2-5-14(23)6-3-12/h2-11,23H,1H3. The molecule has 4 aromatic rings. The van der Waals surface area contributed by atoms with E-state index in [1.165, 1.54) is 10.6 Å². The summed E-state index contributed by atoms with van der Waals surface area (Å²) in [7, 11) is 1.71. The quantitative estimate of drug-likeness (QED) is 0.616. The van der Waals surface area contributed by atoms with Gasteiger partial charge >= 0.3 is 0 Å². The van der Waals surface area contributed by atoms with Gasteiger partial charge in [0, 0.05) is 36.6 Å². The number of rotatable bonds is 2. The Kier molecular flexibility index (Phi) is 3.16. The molecule has 0 spiro atoms. The van der Waals surface area contributed by atoms with Gasteiger partial charge < -0.3 is 9.67 Å². The van der Waals surface area contributed by atoms with Crippen LogP contribution < -0.4 is 5.56 Å². The maximum Gasteiger partial charge on any atom is 0.250 e. The minimum Gasteiger partial charge on any atom is -0.508 e. The Hall–Kier alpha value is -3.41. The Morgan fingerprint density at radius 2 is 1.67 bits per heavy atom. The lowest BCUT2D eigenvalue weighted by atomic mass is 10.1. The Labute approximate surface area is 137 Å². The topological polar surface area (TPSA) is 72.4 Å². The van der Waals surface area contributed by atoms with Crippen molar-refractivity contribution >= 4 is 5.65 Å². The first-order valence-electron chi connectivity index (χ1n) is 7.41. The van der Waals surface area contributed by atoms with Crippen molar-refractivity contribution in [1.82, 2.24) is 18.9 Å². The van der Waals surface area contributed by atoms with Crippen LogP contribution in [0.4, 0.5) is 0 Å². The average Bonchev–Trinajstić information content (AvgIpc) is 3.01. The van der Waals surface area contributed by atoms with E-state index in [1.807, 2.05) is 22.7 Å². The lowest BCUT2D eigenvalue weighted by molar-refractivity contribution is 0.475. The van der Waals surface area contributed by atoms with Gasteiger partial charge in [0.1, 0.15) is 5.75 Å². The Morgan fingerprint density at radius 3 is 2.42 bits per heavy atom. The number of nitrogens with zero attached hydrogens (tertiary/aromatic N) is 4. The largest absolute Gasteiger partial charge is 0.508 e. The van der Waals surface area contributed by atoms with Crippen LogP contribution in [0.5, 0.6) is 5.75 Å². The predicted octanol–water partition coefficient (Wildman–Crippen LogP) is 2.47. The van der Waals surface area contributed by atoms with E-state index < -0.39 is 0 Å². The van der Waals surface area contributed by atoms with Gasteiger partial charge in [-0.25, -0.2) is 4.98 Å². The molecule has 4 rings (SSSR count). The highest BCUT2D eigenvalue weighted by Crippen LogP contribution is 2.24. The number of benzene rings is 1. The molecule has 0 saturated heterocycles. The number of aromatic nitrogens is 4. The molecule has 0 bridgehead atoms. The van der Waals surface area contributed by atoms with Crippen molar-refractivity contribution in [3.63, 3.8) is 0 Å². The highest BCUT2D eigenvalue weighted by atomic mass is 16.3. The molecule has 0 atom stereocenters. The second kappa shape index (κ2) is 5.34. The number of phenolic OH excluding ortho intramolecular Hbond substituents is 1. The van der Waals surface area contributed by atoms with E-state index in [0.717, 1.165) is 28.2 Å². The summed E-state index contributed by atoms with van der Waals surface area (Å²) in [6, 6.07) is 10.2. The molecule has 0 aliphatic heterocycles. The molecule has 3 aromatic heterocycles. The molecule has 6 heteroatoms. The summed E-state index contributed by atoms with van der Waals surface area (Å²) in [6.07, 6.45) is 7.12. The number of hydrogen-bond acceptors (Lipinski definition) is 4. The van der Waals surface area contributed by atoms with E-state index in [9.17, 15) is 9.90 Å². The lowest BCUT2D eigenvalue weighted by Gasteiger charge is -2.06. The Morgan fingerprint density at radius 1 is 0.917 bits per heavy atom. The average molecular weight is 318 g/mol. The zero-order valence-corrected chi connectivity index (χ0v) is 12.9. The summed E-state index contributed by atoms with van der Waals surface area (Å²) in [4.78, 5) is 20.3. The number of pyridine rings is 1. The smallest absolute Gasteiger partial charge is 0.250 e. The minimum absolute atomic E-state index is 0.0627. The number of phenols is 1. The van der Waals surface area contributed by atoms with Crippen molar-refractivity contribution in [1.29, 1.82) is 0 Å². The Bertz CT molecular complexity index is 1090. The first kappa shape index (κ1) is 14.2. The summed E-state index contributed by atoms with van der Waals surface area (Å²) in [5, 5.41) is 9.45. The van der Waals surface area contributed by atoms with Crippen LogP contribution in [0, 0.1) is 0 Å². The molecule has 0 unspecified atom stereocenters. The fourth-order valence-corrected chi connectivity index (χ4v) is 2.63. The van der Waals surface area contributed by atoms with Crippen LogP contribution in [0.1, 0.15) is 0 Å². The molecule has 0 aliphatic carbocycles. The van der Waals surface area contributed by atoms with E-state index in [1.54, 1.807) is 43.8 Å². The zero-order chi connectivity index (χ0) is 16.7. The fourth-order valence-electron chi connectivity index (χ4n) is 2.63. The molecular weight excluding hydrogens is 304 g/mol. The summed E-state index contributed by atoms with van der Waals surface area (Å²) in [5.41, 5.74) is 4.11. The summed E-state index contributed by atoms with van der Waals surface area (Å²) < 4.78 is 3.47. The van der Waals surface area contributed by atoms with Gasteiger partial charge in [0.2, 0.25) is 5.56 Å². The monoisotopic (exact) mass is 318 g/mol. The van der Waals surface area contributed by atoms with Crippen LogP contribution in [0.15, 0.2) is 66.0 Å². The molecule has 6 nitrogen and oxygen atoms in total. The zero-order valence-electron chi connectivity index (χ0n) is 12.9. The normalized spacial score (nSPS) is 11.0. The lowest BCUT2D eigenvalue weighted by Crippen LogP contribution is -2.14. The van der Waals surface area contributed by atoms with E-state index in [4.69, 9.17) is 0 Å². The minimum atomic E-state index is -0.0627. The van der Waals surface area contributed by atoms with Crippen LogP contribution in [0.2, 0.25) is 0 Å². The van der Waals surface area contributed by atoms with Crippen molar-refractivity contribution in [2.75, 3.05) is 0 Å². The first-order chi connectivity index (χ1) is 11.6. The number of fused-ring (bicyclic) bond motifs is 1. The molecule has 3 heterocycles. The van der Waals surface area contributed by atoms with Crippen molar-refractivity contribution in [2.45, 2.75) is 0 Å². The molecule has 118 valence electrons. The first-order valence-corrected chi connectivity index (χ1v) is 7.41. The molecule has 1 aromatic carbocycles. The Balaban J connectivity index is 1.88. The van der Waals surface area contributed by atoms with E-state index >= 15 is 0 Å². The van der Waals surface area contributed by atoms with Crippen molar-refractivity contribution in [3.8, 4) is 28.3 Å². The highest BCUT2D eigenvalue weighted by molar-refractivity contribution is 5.66. The number of aromatic hydroxyl groups is 1. The summed E-state index contributed by atoms with van der Waals surface area (Å²) in [6.45, 7) is 0. The predicted molar refractivity (Wildman–Crippen MR) is 90.8 cm³/mol. The molecule has 0 fully saturated rings. The maximum atomic E-state index is 11.5. The van der Waals surface area contributed by atoms with Gasteiger partial charge in [-0.1, -0.05) is 0 Å². The van der Waals surface area contributed by atoms with Gasteiger partial charge in [-0.05, 0) is 30.3 Å². The highest BCUT2D eigenvalue weighted by Gasteiger charge is 2.09. The van der Waals surface area contributed by atoms with Crippen molar-refractivity contribution in [3.05, 3.63) is 71.5 Å². The van der Waals surface area contributed by atoms with E-state index in [2.05, 4.69) is 9.97 Å². The maximum absolute atomic E-state index is 11.5. The fraction of sp³-hybridized carbons (Fsp3) is 0.0556. The number of aryl methyl sites for hydroxylation is 1. The summed E-state index contributed by atoms with van der Waals surface area (Å²) >= 11 is 0. The third-order valence-electron chi connectivity index (χ3n) is 3.94. The van der Waals surface area contributed by atoms with Crippen LogP contribution in [-0.2, 0) is 7.05 Å². The molecule has 0 radical (unpaired) electrons. The molecule has 0 amide bonds. The van der Waals surface area contributed by atoms with Gasteiger partial charge in [-0.2, -0.15) is 0 Å². The van der Waals surface area contributed by atoms with Crippen LogP contribution in [0.3, 0.4) is 0 Å². The van der Waals surface area contributed by atoms with Crippen LogP contribution in [0.25, 0.3) is 28.2 Å². The molecule has 1 N–H and O–H groups in total. The SMILES string of the molecule is Cn1cc(-c2cn3c(-c4ccc(O)cc4)cnc3cn2)ccc1=O. The van der Waals surface area contributed by atoms with Crippen molar-refractivity contribution in [2.24, 2.45) is 7.05 Å². The number of hydrogen-bond donors (Lipinski definition) is 1.